The number of rotatable bonds is 7. The molecule has 2 rings (SSSR count). The third-order valence-electron chi connectivity index (χ3n) is 3.40. The minimum absolute atomic E-state index is 0.0189. The normalized spacial score (nSPS) is 15.4. The van der Waals surface area contributed by atoms with E-state index in [2.05, 4.69) is 15.2 Å². The molecule has 20 heavy (non-hydrogen) atoms. The molecule has 7 nitrogen and oxygen atoms in total. The molecular formula is C13H20N4O3. The van der Waals surface area contributed by atoms with Gasteiger partial charge in [0.2, 0.25) is 5.91 Å². The summed E-state index contributed by atoms with van der Waals surface area (Å²) in [6.07, 6.45) is 5.89. The molecule has 0 saturated carbocycles. The van der Waals surface area contributed by atoms with Crippen molar-refractivity contribution in [2.45, 2.75) is 25.8 Å². The number of carboxylic acids is 1. The summed E-state index contributed by atoms with van der Waals surface area (Å²) in [5.74, 6) is -1.01. The van der Waals surface area contributed by atoms with Crippen LogP contribution < -0.4 is 5.32 Å². The van der Waals surface area contributed by atoms with Crippen LogP contribution in [0.3, 0.4) is 0 Å². The van der Waals surface area contributed by atoms with Crippen molar-refractivity contribution in [3.63, 3.8) is 0 Å². The molecule has 0 unspecified atom stereocenters. The third-order valence-corrected chi connectivity index (χ3v) is 3.40. The van der Waals surface area contributed by atoms with Crippen molar-refractivity contribution in [2.75, 3.05) is 26.2 Å². The van der Waals surface area contributed by atoms with Crippen molar-refractivity contribution >= 4 is 11.9 Å². The monoisotopic (exact) mass is 280 g/mol. The number of nitrogens with zero attached hydrogens (tertiary/aromatic N) is 3. The highest BCUT2D eigenvalue weighted by Crippen LogP contribution is 2.07. The number of hydrogen-bond acceptors (Lipinski definition) is 4. The Morgan fingerprint density at radius 3 is 2.70 bits per heavy atom. The van der Waals surface area contributed by atoms with Crippen LogP contribution in [0.5, 0.6) is 0 Å². The number of aromatic nitrogens is 2. The molecule has 1 saturated heterocycles. The maximum Gasteiger partial charge on any atom is 0.356 e. The van der Waals surface area contributed by atoms with Crippen molar-refractivity contribution < 1.29 is 14.7 Å². The predicted octanol–water partition coefficient (Wildman–Crippen LogP) is 0.183. The zero-order chi connectivity index (χ0) is 14.4. The van der Waals surface area contributed by atoms with Crippen LogP contribution in [0.1, 0.15) is 29.8 Å². The Balaban J connectivity index is 1.61. The lowest BCUT2D eigenvalue weighted by Gasteiger charge is -2.13. The lowest BCUT2D eigenvalue weighted by Crippen LogP contribution is -2.31. The van der Waals surface area contributed by atoms with Crippen LogP contribution >= 0.6 is 0 Å². The van der Waals surface area contributed by atoms with Crippen molar-refractivity contribution in [3.05, 3.63) is 18.2 Å². The largest absolute Gasteiger partial charge is 0.476 e. The van der Waals surface area contributed by atoms with Crippen LogP contribution in [0, 0.1) is 0 Å². The molecule has 0 aromatic carbocycles. The fraction of sp³-hybridized carbons (Fsp3) is 0.615. The molecule has 1 aromatic heterocycles. The molecule has 1 aliphatic rings. The van der Waals surface area contributed by atoms with Crippen LogP contribution in [0.15, 0.2) is 12.5 Å². The molecule has 0 spiro atoms. The number of carbonyl (C=O) groups excluding carboxylic acids is 1. The first-order chi connectivity index (χ1) is 9.65. The second kappa shape index (κ2) is 7.04. The smallest absolute Gasteiger partial charge is 0.356 e. The van der Waals surface area contributed by atoms with E-state index in [0.717, 1.165) is 19.6 Å². The van der Waals surface area contributed by atoms with E-state index in [-0.39, 0.29) is 11.6 Å². The first-order valence-corrected chi connectivity index (χ1v) is 6.89. The van der Waals surface area contributed by atoms with E-state index in [1.54, 1.807) is 4.57 Å². The average molecular weight is 280 g/mol. The van der Waals surface area contributed by atoms with Gasteiger partial charge in [-0.3, -0.25) is 4.79 Å². The van der Waals surface area contributed by atoms with Gasteiger partial charge in [-0.15, -0.1) is 0 Å². The molecule has 1 aromatic rings. The summed E-state index contributed by atoms with van der Waals surface area (Å²) in [5.41, 5.74) is 0.0189. The fourth-order valence-corrected chi connectivity index (χ4v) is 2.27. The van der Waals surface area contributed by atoms with Gasteiger partial charge in [0.05, 0.1) is 6.33 Å². The molecule has 0 aliphatic carbocycles. The van der Waals surface area contributed by atoms with Crippen LogP contribution in [-0.4, -0.2) is 57.6 Å². The van der Waals surface area contributed by atoms with Gasteiger partial charge in [0, 0.05) is 32.3 Å². The fourth-order valence-electron chi connectivity index (χ4n) is 2.27. The minimum Gasteiger partial charge on any atom is -0.476 e. The summed E-state index contributed by atoms with van der Waals surface area (Å²) < 4.78 is 1.66. The molecule has 0 atom stereocenters. The van der Waals surface area contributed by atoms with Crippen molar-refractivity contribution in [1.82, 2.24) is 19.8 Å². The van der Waals surface area contributed by atoms with Gasteiger partial charge in [0.1, 0.15) is 0 Å². The van der Waals surface area contributed by atoms with E-state index in [9.17, 15) is 9.59 Å². The molecule has 0 radical (unpaired) electrons. The number of amides is 1. The molecule has 1 fully saturated rings. The van der Waals surface area contributed by atoms with Crippen LogP contribution in [0.2, 0.25) is 0 Å². The van der Waals surface area contributed by atoms with Crippen LogP contribution in [0.4, 0.5) is 0 Å². The van der Waals surface area contributed by atoms with Crippen LogP contribution in [-0.2, 0) is 11.3 Å². The number of hydrogen-bond donors (Lipinski definition) is 2. The van der Waals surface area contributed by atoms with Gasteiger partial charge >= 0.3 is 5.97 Å². The quantitative estimate of drug-likeness (QED) is 0.744. The van der Waals surface area contributed by atoms with E-state index >= 15 is 0 Å². The molecule has 1 aliphatic heterocycles. The van der Waals surface area contributed by atoms with Gasteiger partial charge in [-0.2, -0.15) is 0 Å². The molecular weight excluding hydrogens is 260 g/mol. The van der Waals surface area contributed by atoms with E-state index in [1.165, 1.54) is 25.4 Å². The first-order valence-electron chi connectivity index (χ1n) is 6.89. The third kappa shape index (κ3) is 4.34. The van der Waals surface area contributed by atoms with Crippen molar-refractivity contribution in [3.8, 4) is 0 Å². The lowest BCUT2D eigenvalue weighted by molar-refractivity contribution is -0.121. The lowest BCUT2D eigenvalue weighted by atomic mass is 10.3. The molecule has 7 heteroatoms. The summed E-state index contributed by atoms with van der Waals surface area (Å²) in [7, 11) is 0. The average Bonchev–Trinajstić information content (AvgIpc) is 3.07. The highest BCUT2D eigenvalue weighted by Gasteiger charge is 2.12. The van der Waals surface area contributed by atoms with Gasteiger partial charge in [-0.25, -0.2) is 9.78 Å². The first kappa shape index (κ1) is 14.5. The Bertz CT molecular complexity index is 466. The second-order valence-electron chi connectivity index (χ2n) is 4.95. The van der Waals surface area contributed by atoms with Gasteiger partial charge in [-0.1, -0.05) is 0 Å². The molecule has 1 amide bonds. The Hall–Kier alpha value is -1.89. The summed E-state index contributed by atoms with van der Waals surface area (Å²) in [6.45, 7) is 4.02. The maximum absolute atomic E-state index is 11.6. The number of aromatic carboxylic acids is 1. The second-order valence-corrected chi connectivity index (χ2v) is 4.95. The maximum atomic E-state index is 11.6. The van der Waals surface area contributed by atoms with Crippen LogP contribution in [0.25, 0.3) is 0 Å². The number of carbonyl (C=O) groups is 2. The van der Waals surface area contributed by atoms with E-state index < -0.39 is 5.97 Å². The number of imidazole rings is 1. The SMILES string of the molecule is O=C(CCN1CCCC1)NCCn1cnc(C(=O)O)c1. The topological polar surface area (TPSA) is 87.5 Å². The summed E-state index contributed by atoms with van der Waals surface area (Å²) >= 11 is 0. The summed E-state index contributed by atoms with van der Waals surface area (Å²) in [6, 6.07) is 0. The van der Waals surface area contributed by atoms with Gasteiger partial charge in [0.15, 0.2) is 5.69 Å². The zero-order valence-corrected chi connectivity index (χ0v) is 11.4. The highest BCUT2D eigenvalue weighted by molar-refractivity contribution is 5.84. The van der Waals surface area contributed by atoms with Crippen molar-refractivity contribution in [2.24, 2.45) is 0 Å². The summed E-state index contributed by atoms with van der Waals surface area (Å²) in [5, 5.41) is 11.6. The Morgan fingerprint density at radius 1 is 1.30 bits per heavy atom. The predicted molar refractivity (Wildman–Crippen MR) is 72.5 cm³/mol. The molecule has 2 N–H and O–H groups in total. The Morgan fingerprint density at radius 2 is 2.05 bits per heavy atom. The summed E-state index contributed by atoms with van der Waals surface area (Å²) in [4.78, 5) is 28.4. The molecule has 0 bridgehead atoms. The highest BCUT2D eigenvalue weighted by atomic mass is 16.4. The number of carboxylic acid groups (broad SMARTS) is 1. The number of likely N-dealkylation sites (tertiary alicyclic amines) is 1. The Labute approximate surface area is 117 Å². The standard InChI is InChI=1S/C13H20N4O3/c18-12(3-7-16-5-1-2-6-16)14-4-8-17-9-11(13(19)20)15-10-17/h9-10H,1-8H2,(H,14,18)(H,19,20). The molecule has 2 heterocycles. The van der Waals surface area contributed by atoms with Gasteiger partial charge in [0.25, 0.3) is 0 Å². The zero-order valence-electron chi connectivity index (χ0n) is 11.4. The molecule has 110 valence electrons. The van der Waals surface area contributed by atoms with E-state index in [1.807, 2.05) is 0 Å². The Kier molecular flexibility index (Phi) is 5.11. The minimum atomic E-state index is -1.04. The van der Waals surface area contributed by atoms with Gasteiger partial charge in [-0.05, 0) is 25.9 Å². The van der Waals surface area contributed by atoms with E-state index in [4.69, 9.17) is 5.11 Å². The number of nitrogens with one attached hydrogen (secondary N) is 1. The van der Waals surface area contributed by atoms with Crippen molar-refractivity contribution in [1.29, 1.82) is 0 Å². The van der Waals surface area contributed by atoms with E-state index in [0.29, 0.717) is 19.5 Å². The van der Waals surface area contributed by atoms with Gasteiger partial charge < -0.3 is 19.9 Å².